The van der Waals surface area contributed by atoms with Gasteiger partial charge in [-0.05, 0) is 104 Å². The average Bonchev–Trinajstić information content (AvgIpc) is 2.93. The van der Waals surface area contributed by atoms with E-state index >= 15 is 0 Å². The van der Waals surface area contributed by atoms with Crippen molar-refractivity contribution in [3.05, 3.63) is 29.0 Å². The molecule has 0 saturated carbocycles. The Balaban J connectivity index is 2.18. The summed E-state index contributed by atoms with van der Waals surface area (Å²) in [5.41, 5.74) is 3.92. The van der Waals surface area contributed by atoms with E-state index in [4.69, 9.17) is 5.73 Å². The number of hydrogen-bond acceptors (Lipinski definition) is 5. The Morgan fingerprint density at radius 3 is 1.56 bits per heavy atom. The predicted molar refractivity (Wildman–Crippen MR) is 137 cm³/mol. The first-order valence-corrected chi connectivity index (χ1v) is 13.3. The summed E-state index contributed by atoms with van der Waals surface area (Å²) in [5.74, 6) is -4.20. The summed E-state index contributed by atoms with van der Waals surface area (Å²) in [7, 11) is 0. The van der Waals surface area contributed by atoms with Gasteiger partial charge >= 0.3 is 11.8 Å². The number of carbonyl (C=O) groups excluding carboxylic acids is 5. The van der Waals surface area contributed by atoms with Gasteiger partial charge in [0.05, 0.1) is 17.2 Å². The molecule has 0 radical (unpaired) electrons. The molecule has 5 amide bonds. The predicted octanol–water partition coefficient (Wildman–Crippen LogP) is 4.13. The molecule has 2 aliphatic rings. The van der Waals surface area contributed by atoms with Crippen LogP contribution in [0.4, 0.5) is 0 Å². The van der Waals surface area contributed by atoms with Gasteiger partial charge in [-0.2, -0.15) is 5.01 Å². The summed E-state index contributed by atoms with van der Waals surface area (Å²) in [6.45, 7) is 8.79. The van der Waals surface area contributed by atoms with Crippen LogP contribution in [0.5, 0.6) is 0 Å². The van der Waals surface area contributed by atoms with Crippen molar-refractivity contribution < 1.29 is 24.0 Å². The molecule has 2 heterocycles. The third kappa shape index (κ3) is 4.16. The van der Waals surface area contributed by atoms with E-state index in [1.807, 2.05) is 27.7 Å². The van der Waals surface area contributed by atoms with Gasteiger partial charge in [-0.3, -0.25) is 24.0 Å². The maximum Gasteiger partial charge on any atom is 0.330 e. The zero-order chi connectivity index (χ0) is 26.1. The molecule has 0 bridgehead atoms. The summed E-state index contributed by atoms with van der Waals surface area (Å²) in [6, 6.07) is -0.771. The Morgan fingerprint density at radius 2 is 1.24 bits per heavy atom. The van der Waals surface area contributed by atoms with Gasteiger partial charge in [0.25, 0.3) is 11.8 Å². The quantitative estimate of drug-likeness (QED) is 0.213. The topological polar surface area (TPSA) is 121 Å². The van der Waals surface area contributed by atoms with E-state index in [-0.39, 0.29) is 29.9 Å². The van der Waals surface area contributed by atoms with Crippen molar-refractivity contribution in [3.8, 4) is 0 Å². The van der Waals surface area contributed by atoms with Crippen LogP contribution in [0, 0.1) is 0 Å². The fraction of sp³-hybridized carbons (Fsp3) is 0.476. The van der Waals surface area contributed by atoms with E-state index in [2.05, 4.69) is 63.7 Å². The van der Waals surface area contributed by atoms with Crippen molar-refractivity contribution in [3.63, 3.8) is 0 Å². The van der Waals surface area contributed by atoms with Crippen LogP contribution in [0.15, 0.2) is 17.9 Å². The zero-order valence-corrected chi connectivity index (χ0v) is 25.3. The number of rotatable bonds is 2. The first kappa shape index (κ1) is 27.3. The molecule has 3 rings (SSSR count). The normalized spacial score (nSPS) is 19.3. The number of nitrogens with two attached hydrogens (primary N) is 1. The molecule has 0 unspecified atom stereocenters. The minimum atomic E-state index is -1.30. The summed E-state index contributed by atoms with van der Waals surface area (Å²) in [6.07, 6.45) is 0.413. The highest BCUT2D eigenvalue weighted by molar-refractivity contribution is 9.15. The number of nitrogens with zero attached hydrogens (tertiary/aromatic N) is 3. The Kier molecular flexibility index (Phi) is 7.20. The zero-order valence-electron chi connectivity index (χ0n) is 19.0. The fourth-order valence-electron chi connectivity index (χ4n) is 5.32. The van der Waals surface area contributed by atoms with Crippen LogP contribution in [-0.4, -0.2) is 61.6 Å². The van der Waals surface area contributed by atoms with Crippen molar-refractivity contribution in [2.75, 3.05) is 0 Å². The van der Waals surface area contributed by atoms with E-state index in [1.54, 1.807) is 4.90 Å². The second-order valence-electron chi connectivity index (χ2n) is 9.48. The van der Waals surface area contributed by atoms with Crippen LogP contribution in [0.2, 0.25) is 0 Å². The number of fused-ring (bicyclic) bond motifs is 1. The molecule has 9 nitrogen and oxygen atoms in total. The average molecular weight is 730 g/mol. The maximum atomic E-state index is 13.6. The van der Waals surface area contributed by atoms with E-state index in [0.717, 1.165) is 5.01 Å². The van der Waals surface area contributed by atoms with Gasteiger partial charge in [-0.25, -0.2) is 5.01 Å². The first-order chi connectivity index (χ1) is 15.5. The van der Waals surface area contributed by atoms with Crippen LogP contribution in [0.3, 0.4) is 0 Å². The largest absolute Gasteiger partial charge is 0.361 e. The lowest BCUT2D eigenvalue weighted by molar-refractivity contribution is -0.166. The third-order valence-corrected chi connectivity index (χ3v) is 10.8. The number of benzene rings is 1. The van der Waals surface area contributed by atoms with Gasteiger partial charge in [0.2, 0.25) is 5.91 Å². The highest BCUT2D eigenvalue weighted by Gasteiger charge is 2.54. The Bertz CT molecular complexity index is 1100. The Labute approximate surface area is 230 Å². The monoisotopic (exact) mass is 726 g/mol. The molecule has 1 aromatic carbocycles. The SMILES string of the molecule is CC(=O)N1C(C)(C)CC(N(C(=O)C(N)=O)N2C(=O)c3c(Br)c(Br)c(Br)c(Br)c3C2=O)CC1(C)C. The molecule has 1 aromatic rings. The van der Waals surface area contributed by atoms with Crippen molar-refractivity contribution in [2.24, 2.45) is 5.73 Å². The molecule has 2 N–H and O–H groups in total. The lowest BCUT2D eigenvalue weighted by Crippen LogP contribution is -2.68. The van der Waals surface area contributed by atoms with Crippen LogP contribution in [0.25, 0.3) is 0 Å². The molecule has 0 atom stereocenters. The van der Waals surface area contributed by atoms with E-state index < -0.39 is 40.7 Å². The Hall–Kier alpha value is -1.31. The van der Waals surface area contributed by atoms with E-state index in [9.17, 15) is 24.0 Å². The highest BCUT2D eigenvalue weighted by Crippen LogP contribution is 2.47. The second-order valence-corrected chi connectivity index (χ2v) is 12.7. The Morgan fingerprint density at radius 1 is 0.853 bits per heavy atom. The summed E-state index contributed by atoms with van der Waals surface area (Å²) < 4.78 is 1.62. The fourth-order valence-corrected chi connectivity index (χ4v) is 7.78. The van der Waals surface area contributed by atoms with Crippen LogP contribution < -0.4 is 5.73 Å². The summed E-state index contributed by atoms with van der Waals surface area (Å²) in [4.78, 5) is 66.4. The molecule has 13 heteroatoms. The van der Waals surface area contributed by atoms with Gasteiger partial charge < -0.3 is 10.6 Å². The lowest BCUT2D eigenvalue weighted by atomic mass is 9.76. The highest BCUT2D eigenvalue weighted by atomic mass is 79.9. The molecule has 2 aliphatic heterocycles. The van der Waals surface area contributed by atoms with E-state index in [1.165, 1.54) is 6.92 Å². The summed E-state index contributed by atoms with van der Waals surface area (Å²) in [5, 5.41) is 1.56. The molecule has 0 aromatic heterocycles. The van der Waals surface area contributed by atoms with Crippen LogP contribution in [0.1, 0.15) is 68.2 Å². The van der Waals surface area contributed by atoms with Gasteiger partial charge in [-0.15, -0.1) is 0 Å². The lowest BCUT2D eigenvalue weighted by Gasteiger charge is -2.56. The van der Waals surface area contributed by atoms with Crippen molar-refractivity contribution >= 4 is 93.3 Å². The van der Waals surface area contributed by atoms with Gasteiger partial charge in [-0.1, -0.05) is 0 Å². The smallest absolute Gasteiger partial charge is 0.330 e. The number of carbonyl (C=O) groups is 5. The minimum absolute atomic E-state index is 0.0360. The van der Waals surface area contributed by atoms with Crippen LogP contribution >= 0.6 is 63.7 Å². The van der Waals surface area contributed by atoms with Gasteiger partial charge in [0, 0.05) is 35.9 Å². The van der Waals surface area contributed by atoms with Gasteiger partial charge in [0.1, 0.15) is 0 Å². The molecule has 0 aliphatic carbocycles. The molecular weight excluding hydrogens is 708 g/mol. The molecule has 1 saturated heterocycles. The number of piperidine rings is 1. The molecule has 184 valence electrons. The minimum Gasteiger partial charge on any atom is -0.361 e. The van der Waals surface area contributed by atoms with Crippen molar-refractivity contribution in [1.29, 1.82) is 0 Å². The summed E-state index contributed by atoms with van der Waals surface area (Å²) >= 11 is 13.4. The van der Waals surface area contributed by atoms with Crippen molar-refractivity contribution in [2.45, 2.75) is 64.6 Å². The number of halogens is 4. The molecule has 34 heavy (non-hydrogen) atoms. The number of likely N-dealkylation sites (tertiary alicyclic amines) is 1. The maximum absolute atomic E-state index is 13.6. The second kappa shape index (κ2) is 8.97. The van der Waals surface area contributed by atoms with Crippen molar-refractivity contribution in [1.82, 2.24) is 14.9 Å². The number of hydrogen-bond donors (Lipinski definition) is 1. The number of hydrazine groups is 1. The molecule has 0 spiro atoms. The first-order valence-electron chi connectivity index (χ1n) is 10.1. The number of imide groups is 1. The number of primary amides is 1. The van der Waals surface area contributed by atoms with E-state index in [0.29, 0.717) is 22.9 Å². The molecule has 1 fully saturated rings. The number of amides is 5. The standard InChI is InChI=1S/C21H22Br4N4O5/c1-8(30)29-20(2,3)6-9(7-21(29,4)5)27(19(34)16(26)31)28-17(32)10-11(18(28)33)13(23)15(25)14(24)12(10)22/h9H,6-7H2,1-5H3,(H2,26,31). The van der Waals surface area contributed by atoms with Crippen LogP contribution in [-0.2, 0) is 14.4 Å². The molecular formula is C21H22Br4N4O5. The third-order valence-electron chi connectivity index (χ3n) is 6.06. The van der Waals surface area contributed by atoms with Gasteiger partial charge in [0.15, 0.2) is 0 Å².